The molecule has 0 aromatic carbocycles. The van der Waals surface area contributed by atoms with E-state index in [1.807, 2.05) is 12.2 Å². The van der Waals surface area contributed by atoms with Gasteiger partial charge in [-0.15, -0.1) is 6.58 Å². The molecule has 0 aliphatic carbocycles. The Labute approximate surface area is 129 Å². The molecule has 2 N–H and O–H groups in total. The predicted molar refractivity (Wildman–Crippen MR) is 88.4 cm³/mol. The summed E-state index contributed by atoms with van der Waals surface area (Å²) in [7, 11) is 0. The van der Waals surface area contributed by atoms with Crippen molar-refractivity contribution in [1.82, 2.24) is 0 Å². The highest BCUT2D eigenvalue weighted by Gasteiger charge is 2.09. The highest BCUT2D eigenvalue weighted by Crippen LogP contribution is 2.11. The highest BCUT2D eigenvalue weighted by atomic mass is 16.4. The van der Waals surface area contributed by atoms with E-state index < -0.39 is 12.1 Å². The van der Waals surface area contributed by atoms with Gasteiger partial charge in [0.05, 0.1) is 0 Å². The Morgan fingerprint density at radius 2 is 1.33 bits per heavy atom. The quantitative estimate of drug-likeness (QED) is 0.335. The number of allylic oxidation sites excluding steroid dienone is 2. The molecule has 1 atom stereocenters. The Morgan fingerprint density at radius 3 is 1.81 bits per heavy atom. The first kappa shape index (κ1) is 19.9. The lowest BCUT2D eigenvalue weighted by molar-refractivity contribution is -0.146. The van der Waals surface area contributed by atoms with E-state index >= 15 is 0 Å². The van der Waals surface area contributed by atoms with Gasteiger partial charge in [0, 0.05) is 6.42 Å². The summed E-state index contributed by atoms with van der Waals surface area (Å²) in [6, 6.07) is 0. The van der Waals surface area contributed by atoms with Crippen LogP contribution in [0.15, 0.2) is 24.8 Å². The topological polar surface area (TPSA) is 57.5 Å². The molecule has 0 rings (SSSR count). The van der Waals surface area contributed by atoms with Crippen molar-refractivity contribution in [3.05, 3.63) is 24.8 Å². The van der Waals surface area contributed by atoms with Crippen LogP contribution in [0.2, 0.25) is 0 Å². The standard InChI is InChI=1S/C18H32O3/c1-2-3-4-5-6-7-8-9-10-11-12-13-14-15-16-17(19)18(20)21/h2,14-15,17,19H,1,3-13,16H2,(H,20,21). The SMILES string of the molecule is C=CCCCCCCCCCCCC=CCC(O)C(=O)O. The molecule has 0 saturated carbocycles. The summed E-state index contributed by atoms with van der Waals surface area (Å²) in [6.07, 6.45) is 18.5. The number of aliphatic hydroxyl groups is 1. The second kappa shape index (κ2) is 15.3. The number of hydrogen-bond donors (Lipinski definition) is 2. The van der Waals surface area contributed by atoms with E-state index in [0.29, 0.717) is 0 Å². The fourth-order valence-corrected chi connectivity index (χ4v) is 2.23. The number of aliphatic hydroxyl groups excluding tert-OH is 1. The fraction of sp³-hybridized carbons (Fsp3) is 0.722. The fourth-order valence-electron chi connectivity index (χ4n) is 2.23. The Kier molecular flexibility index (Phi) is 14.5. The number of rotatable bonds is 15. The van der Waals surface area contributed by atoms with Crippen LogP contribution in [0.3, 0.4) is 0 Å². The maximum Gasteiger partial charge on any atom is 0.332 e. The van der Waals surface area contributed by atoms with Crippen LogP contribution < -0.4 is 0 Å². The first-order valence-corrected chi connectivity index (χ1v) is 8.35. The molecule has 3 heteroatoms. The third-order valence-corrected chi connectivity index (χ3v) is 3.59. The first-order chi connectivity index (χ1) is 10.2. The van der Waals surface area contributed by atoms with E-state index in [0.717, 1.165) is 19.3 Å². The number of carboxylic acid groups (broad SMARTS) is 1. The van der Waals surface area contributed by atoms with Crippen LogP contribution in [0, 0.1) is 0 Å². The Bertz CT molecular complexity index is 284. The Hall–Kier alpha value is -1.09. The van der Waals surface area contributed by atoms with Gasteiger partial charge < -0.3 is 10.2 Å². The van der Waals surface area contributed by atoms with E-state index in [9.17, 15) is 4.79 Å². The summed E-state index contributed by atoms with van der Waals surface area (Å²) in [6.45, 7) is 3.73. The first-order valence-electron chi connectivity index (χ1n) is 8.35. The molecule has 0 aliphatic rings. The number of carboxylic acids is 1. The lowest BCUT2D eigenvalue weighted by atomic mass is 10.1. The van der Waals surface area contributed by atoms with Crippen LogP contribution >= 0.6 is 0 Å². The van der Waals surface area contributed by atoms with Crippen molar-refractivity contribution in [2.45, 2.75) is 83.2 Å². The maximum absolute atomic E-state index is 10.4. The highest BCUT2D eigenvalue weighted by molar-refractivity contribution is 5.72. The average Bonchev–Trinajstić information content (AvgIpc) is 2.47. The Balaban J connectivity index is 3.17. The van der Waals surface area contributed by atoms with Gasteiger partial charge >= 0.3 is 5.97 Å². The van der Waals surface area contributed by atoms with Gasteiger partial charge in [-0.3, -0.25) is 0 Å². The third-order valence-electron chi connectivity index (χ3n) is 3.59. The van der Waals surface area contributed by atoms with Crippen LogP contribution in [0.4, 0.5) is 0 Å². The maximum atomic E-state index is 10.4. The van der Waals surface area contributed by atoms with Crippen LogP contribution in [-0.4, -0.2) is 22.3 Å². The van der Waals surface area contributed by atoms with Gasteiger partial charge in [0.25, 0.3) is 0 Å². The minimum absolute atomic E-state index is 0.210. The van der Waals surface area contributed by atoms with Crippen molar-refractivity contribution in [1.29, 1.82) is 0 Å². The lowest BCUT2D eigenvalue weighted by Crippen LogP contribution is -2.17. The van der Waals surface area contributed by atoms with Gasteiger partial charge in [-0.05, 0) is 25.7 Å². The Morgan fingerprint density at radius 1 is 0.857 bits per heavy atom. The van der Waals surface area contributed by atoms with Gasteiger partial charge in [0.2, 0.25) is 0 Å². The summed E-state index contributed by atoms with van der Waals surface area (Å²) in [5.41, 5.74) is 0. The summed E-state index contributed by atoms with van der Waals surface area (Å²) in [5, 5.41) is 17.6. The summed E-state index contributed by atoms with van der Waals surface area (Å²) in [4.78, 5) is 10.4. The largest absolute Gasteiger partial charge is 0.479 e. The molecule has 0 bridgehead atoms. The predicted octanol–water partition coefficient (Wildman–Crippen LogP) is 4.86. The van der Waals surface area contributed by atoms with Crippen molar-refractivity contribution >= 4 is 5.97 Å². The second-order valence-electron chi connectivity index (χ2n) is 5.61. The number of carbonyl (C=O) groups is 1. The van der Waals surface area contributed by atoms with Crippen LogP contribution in [0.5, 0.6) is 0 Å². The summed E-state index contributed by atoms with van der Waals surface area (Å²) >= 11 is 0. The minimum atomic E-state index is -1.26. The minimum Gasteiger partial charge on any atom is -0.479 e. The third kappa shape index (κ3) is 15.1. The molecule has 0 radical (unpaired) electrons. The molecular formula is C18H32O3. The number of hydrogen-bond acceptors (Lipinski definition) is 2. The van der Waals surface area contributed by atoms with Crippen molar-refractivity contribution in [2.24, 2.45) is 0 Å². The number of unbranched alkanes of at least 4 members (excludes halogenated alkanes) is 10. The van der Waals surface area contributed by atoms with Gasteiger partial charge in [0.1, 0.15) is 0 Å². The van der Waals surface area contributed by atoms with E-state index in [-0.39, 0.29) is 6.42 Å². The smallest absolute Gasteiger partial charge is 0.332 e. The summed E-state index contributed by atoms with van der Waals surface area (Å²) < 4.78 is 0. The normalized spacial score (nSPS) is 12.6. The molecular weight excluding hydrogens is 264 g/mol. The van der Waals surface area contributed by atoms with Crippen LogP contribution in [-0.2, 0) is 4.79 Å². The van der Waals surface area contributed by atoms with Crippen molar-refractivity contribution in [3.63, 3.8) is 0 Å². The molecule has 0 fully saturated rings. The molecule has 0 aromatic rings. The monoisotopic (exact) mass is 296 g/mol. The molecule has 0 spiro atoms. The zero-order chi connectivity index (χ0) is 15.8. The van der Waals surface area contributed by atoms with Gasteiger partial charge in [-0.2, -0.15) is 0 Å². The zero-order valence-corrected chi connectivity index (χ0v) is 13.3. The number of aliphatic carboxylic acids is 1. The van der Waals surface area contributed by atoms with Crippen LogP contribution in [0.1, 0.15) is 77.0 Å². The zero-order valence-electron chi connectivity index (χ0n) is 13.3. The van der Waals surface area contributed by atoms with Crippen molar-refractivity contribution in [2.75, 3.05) is 0 Å². The second-order valence-corrected chi connectivity index (χ2v) is 5.61. The average molecular weight is 296 g/mol. The molecule has 1 unspecified atom stereocenters. The molecule has 122 valence electrons. The van der Waals surface area contributed by atoms with Gasteiger partial charge in [-0.25, -0.2) is 4.79 Å². The molecule has 0 amide bonds. The molecule has 21 heavy (non-hydrogen) atoms. The van der Waals surface area contributed by atoms with E-state index in [2.05, 4.69) is 6.58 Å². The van der Waals surface area contributed by atoms with Crippen molar-refractivity contribution in [3.8, 4) is 0 Å². The van der Waals surface area contributed by atoms with E-state index in [1.54, 1.807) is 6.08 Å². The van der Waals surface area contributed by atoms with Gasteiger partial charge in [0.15, 0.2) is 6.10 Å². The summed E-state index contributed by atoms with van der Waals surface area (Å²) in [5.74, 6) is -1.15. The van der Waals surface area contributed by atoms with Crippen LogP contribution in [0.25, 0.3) is 0 Å². The van der Waals surface area contributed by atoms with Gasteiger partial charge in [-0.1, -0.05) is 63.2 Å². The molecule has 0 heterocycles. The van der Waals surface area contributed by atoms with Crippen molar-refractivity contribution < 1.29 is 15.0 Å². The van der Waals surface area contributed by atoms with E-state index in [1.165, 1.54) is 51.4 Å². The molecule has 0 saturated heterocycles. The lowest BCUT2D eigenvalue weighted by Gasteiger charge is -2.01. The molecule has 0 aliphatic heterocycles. The van der Waals surface area contributed by atoms with E-state index in [4.69, 9.17) is 10.2 Å². The molecule has 0 aromatic heterocycles. The molecule has 3 nitrogen and oxygen atoms in total.